The first kappa shape index (κ1) is 28.2. The number of carbonyl (C=O) groups excluding carboxylic acids is 1. The van der Waals surface area contributed by atoms with E-state index in [4.69, 9.17) is 4.74 Å². The lowest BCUT2D eigenvalue weighted by Crippen LogP contribution is -2.41. The van der Waals surface area contributed by atoms with E-state index in [1.54, 1.807) is 33.1 Å². The van der Waals surface area contributed by atoms with E-state index in [-0.39, 0.29) is 18.7 Å². The minimum atomic E-state index is -3.99. The van der Waals surface area contributed by atoms with Crippen molar-refractivity contribution in [1.82, 2.24) is 13.6 Å². The molecule has 1 aromatic heterocycles. The van der Waals surface area contributed by atoms with Crippen molar-refractivity contribution in [3.63, 3.8) is 0 Å². The highest BCUT2D eigenvalue weighted by Crippen LogP contribution is 2.48. The topological polar surface area (TPSA) is 118 Å². The third-order valence-electron chi connectivity index (χ3n) is 8.63. The highest BCUT2D eigenvalue weighted by molar-refractivity contribution is 7.87. The van der Waals surface area contributed by atoms with Crippen molar-refractivity contribution in [3.8, 4) is 17.0 Å². The molecule has 2 aromatic carbocycles. The van der Waals surface area contributed by atoms with Gasteiger partial charge in [0, 0.05) is 42.2 Å². The quantitative estimate of drug-likeness (QED) is 0.418. The molecule has 1 unspecified atom stereocenters. The zero-order chi connectivity index (χ0) is 28.8. The van der Waals surface area contributed by atoms with Gasteiger partial charge in [0.1, 0.15) is 5.75 Å². The Morgan fingerprint density at radius 3 is 2.52 bits per heavy atom. The number of carboxylic acid groups (broad SMARTS) is 1. The van der Waals surface area contributed by atoms with Crippen LogP contribution in [0.25, 0.3) is 22.2 Å². The first-order valence-corrected chi connectivity index (χ1v) is 15.3. The Hall–Kier alpha value is -3.37. The van der Waals surface area contributed by atoms with Crippen molar-refractivity contribution < 1.29 is 27.9 Å². The SMILES string of the molecule is CCN(C)S(=O)(=O)NC(=O)c1ccc2c(C3CCCCC3)c3n(c2c1)CC(C)(C(=O)O)Cc1cc(OC)ccc1-3. The molecular weight excluding hydrogens is 530 g/mol. The fourth-order valence-electron chi connectivity index (χ4n) is 6.24. The maximum absolute atomic E-state index is 13.1. The number of fused-ring (bicyclic) bond motifs is 5. The summed E-state index contributed by atoms with van der Waals surface area (Å²) >= 11 is 0. The Balaban J connectivity index is 1.76. The van der Waals surface area contributed by atoms with E-state index >= 15 is 0 Å². The van der Waals surface area contributed by atoms with Crippen molar-refractivity contribution >= 4 is 33.0 Å². The smallest absolute Gasteiger partial charge is 0.311 e. The summed E-state index contributed by atoms with van der Waals surface area (Å²) in [6.45, 7) is 3.87. The molecule has 1 aliphatic heterocycles. The molecule has 1 fully saturated rings. The average Bonchev–Trinajstić information content (AvgIpc) is 3.17. The standard InChI is InChI=1S/C30H37N3O6S/c1-5-32(3)40(37,38)31-28(34)20-11-13-24-25(16-20)33-18-30(2,29(35)36)17-21-15-22(39-4)12-14-23(21)27(33)26(24)19-9-7-6-8-10-19/h11-16,19H,5-10,17-18H2,1-4H3,(H,31,34)(H,35,36). The van der Waals surface area contributed by atoms with Gasteiger partial charge in [-0.25, -0.2) is 4.72 Å². The number of methoxy groups -OCH3 is 1. The van der Waals surface area contributed by atoms with Crippen molar-refractivity contribution in [2.24, 2.45) is 5.41 Å². The van der Waals surface area contributed by atoms with Crippen LogP contribution >= 0.6 is 0 Å². The van der Waals surface area contributed by atoms with E-state index < -0.39 is 27.5 Å². The lowest BCUT2D eigenvalue weighted by atomic mass is 9.80. The number of aromatic nitrogens is 1. The van der Waals surface area contributed by atoms with Gasteiger partial charge in [-0.05, 0) is 73.6 Å². The summed E-state index contributed by atoms with van der Waals surface area (Å²) < 4.78 is 35.9. The molecule has 1 atom stereocenters. The van der Waals surface area contributed by atoms with Gasteiger partial charge in [-0.15, -0.1) is 0 Å². The first-order valence-electron chi connectivity index (χ1n) is 13.8. The predicted molar refractivity (Wildman–Crippen MR) is 154 cm³/mol. The molecule has 3 aromatic rings. The molecule has 5 rings (SSSR count). The monoisotopic (exact) mass is 567 g/mol. The molecule has 9 nitrogen and oxygen atoms in total. The number of carbonyl (C=O) groups is 2. The van der Waals surface area contributed by atoms with Gasteiger partial charge in [0.2, 0.25) is 0 Å². The Kier molecular flexibility index (Phi) is 7.43. The summed E-state index contributed by atoms with van der Waals surface area (Å²) in [5, 5.41) is 11.4. The van der Waals surface area contributed by atoms with Gasteiger partial charge in [-0.1, -0.05) is 32.3 Å². The number of hydrogen-bond acceptors (Lipinski definition) is 5. The lowest BCUT2D eigenvalue weighted by molar-refractivity contribution is -0.148. The van der Waals surface area contributed by atoms with Crippen LogP contribution in [0.2, 0.25) is 0 Å². The molecule has 1 amide bonds. The van der Waals surface area contributed by atoms with Crippen LogP contribution in [0, 0.1) is 5.41 Å². The first-order chi connectivity index (χ1) is 19.0. The minimum absolute atomic E-state index is 0.201. The Morgan fingerprint density at radius 1 is 1.15 bits per heavy atom. The highest BCUT2D eigenvalue weighted by Gasteiger charge is 2.40. The van der Waals surface area contributed by atoms with Crippen molar-refractivity contribution in [2.45, 2.75) is 64.8 Å². The largest absolute Gasteiger partial charge is 0.497 e. The summed E-state index contributed by atoms with van der Waals surface area (Å²) in [4.78, 5) is 25.8. The minimum Gasteiger partial charge on any atom is -0.497 e. The summed E-state index contributed by atoms with van der Waals surface area (Å²) in [6.07, 6.45) is 5.85. The van der Waals surface area contributed by atoms with Gasteiger partial charge in [0.25, 0.3) is 5.91 Å². The van der Waals surface area contributed by atoms with Gasteiger partial charge in [-0.3, -0.25) is 9.59 Å². The second kappa shape index (κ2) is 10.6. The Labute approximate surface area is 235 Å². The molecule has 0 saturated heterocycles. The molecule has 0 spiro atoms. The van der Waals surface area contributed by atoms with Gasteiger partial charge in [0.15, 0.2) is 0 Å². The number of carboxylic acids is 1. The summed E-state index contributed by atoms with van der Waals surface area (Å²) in [5.41, 5.74) is 3.87. The van der Waals surface area contributed by atoms with Crippen LogP contribution in [0.3, 0.4) is 0 Å². The molecule has 2 aliphatic rings. The van der Waals surface area contributed by atoms with E-state index in [2.05, 4.69) is 9.29 Å². The Bertz CT molecular complexity index is 1590. The fourth-order valence-corrected chi connectivity index (χ4v) is 7.09. The molecule has 40 heavy (non-hydrogen) atoms. The number of hydrogen-bond donors (Lipinski definition) is 2. The normalized spacial score (nSPS) is 19.6. The molecule has 1 saturated carbocycles. The van der Waals surface area contributed by atoms with Crippen molar-refractivity contribution in [1.29, 1.82) is 0 Å². The number of benzene rings is 2. The number of nitrogens with zero attached hydrogens (tertiary/aromatic N) is 2. The van der Waals surface area contributed by atoms with E-state index in [9.17, 15) is 23.1 Å². The average molecular weight is 568 g/mol. The van der Waals surface area contributed by atoms with E-state index in [1.165, 1.54) is 19.0 Å². The maximum Gasteiger partial charge on any atom is 0.311 e. The number of aliphatic carboxylic acids is 1. The van der Waals surface area contributed by atoms with Crippen LogP contribution < -0.4 is 9.46 Å². The van der Waals surface area contributed by atoms with Crippen LogP contribution in [0.4, 0.5) is 0 Å². The Morgan fingerprint density at radius 2 is 1.88 bits per heavy atom. The molecule has 2 heterocycles. The number of rotatable bonds is 7. The van der Waals surface area contributed by atoms with Crippen molar-refractivity contribution in [2.75, 3.05) is 20.7 Å². The fraction of sp³-hybridized carbons (Fsp3) is 0.467. The highest BCUT2D eigenvalue weighted by atomic mass is 32.2. The van der Waals surface area contributed by atoms with E-state index in [0.717, 1.165) is 57.7 Å². The predicted octanol–water partition coefficient (Wildman–Crippen LogP) is 4.94. The number of nitrogens with one attached hydrogen (secondary N) is 1. The van der Waals surface area contributed by atoms with Gasteiger partial charge >= 0.3 is 16.2 Å². The number of ether oxygens (including phenoxy) is 1. The number of amides is 1. The van der Waals surface area contributed by atoms with Crippen LogP contribution in [0.5, 0.6) is 5.75 Å². The van der Waals surface area contributed by atoms with Gasteiger partial charge in [-0.2, -0.15) is 12.7 Å². The molecule has 0 bridgehead atoms. The maximum atomic E-state index is 13.1. The van der Waals surface area contributed by atoms with Crippen LogP contribution in [0.15, 0.2) is 36.4 Å². The molecular formula is C30H37N3O6S. The third-order valence-corrected chi connectivity index (χ3v) is 10.2. The second-order valence-corrected chi connectivity index (χ2v) is 13.1. The van der Waals surface area contributed by atoms with Gasteiger partial charge in [0.05, 0.1) is 18.2 Å². The van der Waals surface area contributed by atoms with Crippen LogP contribution in [-0.4, -0.2) is 55.0 Å². The van der Waals surface area contributed by atoms with Crippen LogP contribution in [-0.2, 0) is 28.0 Å². The zero-order valence-electron chi connectivity index (χ0n) is 23.5. The molecule has 2 N–H and O–H groups in total. The van der Waals surface area contributed by atoms with Crippen LogP contribution in [0.1, 0.15) is 73.4 Å². The molecule has 214 valence electrons. The molecule has 0 radical (unpaired) electrons. The molecule has 10 heteroatoms. The summed E-state index contributed by atoms with van der Waals surface area (Å²) in [7, 11) is -0.979. The van der Waals surface area contributed by atoms with Crippen molar-refractivity contribution in [3.05, 3.63) is 53.1 Å². The summed E-state index contributed by atoms with van der Waals surface area (Å²) in [6, 6.07) is 11.1. The van der Waals surface area contributed by atoms with E-state index in [1.807, 2.05) is 24.3 Å². The summed E-state index contributed by atoms with van der Waals surface area (Å²) in [5.74, 6) is -0.656. The van der Waals surface area contributed by atoms with E-state index in [0.29, 0.717) is 18.1 Å². The molecule has 1 aliphatic carbocycles. The zero-order valence-corrected chi connectivity index (χ0v) is 24.3. The van der Waals surface area contributed by atoms with Gasteiger partial charge < -0.3 is 14.4 Å². The second-order valence-electron chi connectivity index (χ2n) is 11.3. The lowest BCUT2D eigenvalue weighted by Gasteiger charge is -2.24. The third kappa shape index (κ3) is 4.88.